The van der Waals surface area contributed by atoms with Gasteiger partial charge in [0, 0.05) is 51.8 Å². The van der Waals surface area contributed by atoms with Gasteiger partial charge in [0.15, 0.2) is 15.4 Å². The number of nitrogen functional groups attached to an aromatic ring is 1. The quantitative estimate of drug-likeness (QED) is 0.150. The minimum absolute atomic E-state index is 0.0371. The van der Waals surface area contributed by atoms with Crippen LogP contribution in [0.15, 0.2) is 102 Å². The van der Waals surface area contributed by atoms with Crippen molar-refractivity contribution < 1.29 is 32.9 Å². The molecule has 1 atom stereocenters. The summed E-state index contributed by atoms with van der Waals surface area (Å²) in [7, 11) is -3.64. The standard InChI is InChI=1S/C20H12O5.C12H15N3O2S/c21-11-5-7-15-17(9-11)24-18-10-12(22)6-8-16(18)20(15)14-4-2-1-3-13(14)19(23)25-20;13-7-12(15)18(16,17)11-6-5-10(14)8-3-1-2-4-9(8)11/h1-10,21-22H;1-6,12H,7,13-15H2. The Bertz CT molecular complexity index is 1980. The highest BCUT2D eigenvalue weighted by Crippen LogP contribution is 2.56. The van der Waals surface area contributed by atoms with E-state index in [0.717, 1.165) is 0 Å². The Hall–Kier alpha value is -5.10. The van der Waals surface area contributed by atoms with E-state index in [4.69, 9.17) is 26.7 Å². The van der Waals surface area contributed by atoms with Crippen LogP contribution in [0.5, 0.6) is 23.0 Å². The molecular weight excluding hydrogens is 570 g/mol. The van der Waals surface area contributed by atoms with Gasteiger partial charge in [-0.05, 0) is 42.5 Å². The summed E-state index contributed by atoms with van der Waals surface area (Å²) >= 11 is 0. The number of sulfone groups is 1. The SMILES string of the molecule is NCC(N)S(=O)(=O)c1ccc(N)c2ccccc12.O=C1OC2(c3ccc(O)cc3Oc3cc(O)ccc32)c2ccccc21. The topological polar surface area (TPSA) is 188 Å². The zero-order valence-electron chi connectivity index (χ0n) is 22.6. The van der Waals surface area contributed by atoms with E-state index in [2.05, 4.69) is 0 Å². The predicted octanol–water partition coefficient (Wildman–Crippen LogP) is 4.11. The number of phenols is 2. The van der Waals surface area contributed by atoms with Gasteiger partial charge in [-0.3, -0.25) is 0 Å². The van der Waals surface area contributed by atoms with Gasteiger partial charge in [0.2, 0.25) is 0 Å². The lowest BCUT2D eigenvalue weighted by molar-refractivity contribution is 0.0224. The maximum Gasteiger partial charge on any atom is 0.340 e. The molecule has 2 aliphatic heterocycles. The summed E-state index contributed by atoms with van der Waals surface area (Å²) in [6.07, 6.45) is 0. The molecule has 5 aromatic rings. The number of hydrogen-bond donors (Lipinski definition) is 5. The van der Waals surface area contributed by atoms with Gasteiger partial charge in [-0.15, -0.1) is 0 Å². The molecule has 7 rings (SSSR count). The summed E-state index contributed by atoms with van der Waals surface area (Å²) in [4.78, 5) is 12.7. The number of esters is 1. The van der Waals surface area contributed by atoms with Crippen LogP contribution in [-0.2, 0) is 20.2 Å². The number of phenolic OH excluding ortho intramolecular Hbond substituents is 2. The zero-order chi connectivity index (χ0) is 30.5. The second-order valence-corrected chi connectivity index (χ2v) is 12.2. The van der Waals surface area contributed by atoms with Crippen LogP contribution >= 0.6 is 0 Å². The third kappa shape index (κ3) is 4.41. The molecule has 0 amide bonds. The molecule has 5 aromatic carbocycles. The van der Waals surface area contributed by atoms with Gasteiger partial charge in [-0.25, -0.2) is 13.2 Å². The smallest absolute Gasteiger partial charge is 0.340 e. The summed E-state index contributed by atoms with van der Waals surface area (Å²) in [5, 5.41) is 19.8. The third-order valence-electron chi connectivity index (χ3n) is 7.54. The van der Waals surface area contributed by atoms with E-state index in [1.165, 1.54) is 30.3 Å². The summed E-state index contributed by atoms with van der Waals surface area (Å²) in [6.45, 7) is -0.124. The molecule has 218 valence electrons. The number of carbonyl (C=O) groups excluding carboxylic acids is 1. The molecule has 0 saturated heterocycles. The third-order valence-corrected chi connectivity index (χ3v) is 9.49. The Labute approximate surface area is 246 Å². The van der Waals surface area contributed by atoms with Crippen molar-refractivity contribution in [3.63, 3.8) is 0 Å². The first-order valence-electron chi connectivity index (χ1n) is 13.2. The van der Waals surface area contributed by atoms with E-state index in [0.29, 0.717) is 50.2 Å². The number of aromatic hydroxyl groups is 2. The number of anilines is 1. The van der Waals surface area contributed by atoms with Crippen LogP contribution in [0.1, 0.15) is 27.0 Å². The first kappa shape index (κ1) is 28.0. The van der Waals surface area contributed by atoms with Crippen molar-refractivity contribution in [2.75, 3.05) is 12.3 Å². The van der Waals surface area contributed by atoms with E-state index < -0.39 is 26.8 Å². The van der Waals surface area contributed by atoms with Crippen molar-refractivity contribution in [3.05, 3.63) is 119 Å². The highest BCUT2D eigenvalue weighted by Gasteiger charge is 2.53. The average Bonchev–Trinajstić information content (AvgIpc) is 3.29. The molecule has 0 aliphatic carbocycles. The Morgan fingerprint density at radius 1 is 0.767 bits per heavy atom. The molecule has 8 N–H and O–H groups in total. The van der Waals surface area contributed by atoms with E-state index in [1.807, 2.05) is 12.1 Å². The van der Waals surface area contributed by atoms with Crippen LogP contribution in [0.4, 0.5) is 5.69 Å². The number of ether oxygens (including phenoxy) is 2. The monoisotopic (exact) mass is 597 g/mol. The van der Waals surface area contributed by atoms with Crippen molar-refractivity contribution >= 4 is 32.3 Å². The van der Waals surface area contributed by atoms with Gasteiger partial charge < -0.3 is 36.9 Å². The molecule has 1 spiro atoms. The largest absolute Gasteiger partial charge is 0.508 e. The molecule has 43 heavy (non-hydrogen) atoms. The molecule has 0 saturated carbocycles. The van der Waals surface area contributed by atoms with Crippen LogP contribution in [0, 0.1) is 0 Å². The van der Waals surface area contributed by atoms with E-state index >= 15 is 0 Å². The van der Waals surface area contributed by atoms with Gasteiger partial charge in [-0.2, -0.15) is 0 Å². The van der Waals surface area contributed by atoms with E-state index in [-0.39, 0.29) is 22.9 Å². The molecular formula is C32H27N3O7S. The summed E-state index contributed by atoms with van der Waals surface area (Å²) in [5.74, 6) is 0.408. The molecule has 1 unspecified atom stereocenters. The number of hydrogen-bond acceptors (Lipinski definition) is 10. The first-order chi connectivity index (χ1) is 20.6. The summed E-state index contributed by atoms with van der Waals surface area (Å²) < 4.78 is 36.3. The van der Waals surface area contributed by atoms with Crippen molar-refractivity contribution in [1.82, 2.24) is 0 Å². The number of nitrogens with two attached hydrogens (primary N) is 3. The number of fused-ring (bicyclic) bond motifs is 7. The minimum atomic E-state index is -3.64. The molecule has 0 fully saturated rings. The Morgan fingerprint density at radius 3 is 1.98 bits per heavy atom. The maximum atomic E-state index is 12.5. The molecule has 10 nitrogen and oxygen atoms in total. The fraction of sp³-hybridized carbons (Fsp3) is 0.0938. The lowest BCUT2D eigenvalue weighted by Crippen LogP contribution is -2.37. The van der Waals surface area contributed by atoms with E-state index in [1.54, 1.807) is 54.6 Å². The zero-order valence-corrected chi connectivity index (χ0v) is 23.4. The van der Waals surface area contributed by atoms with Crippen molar-refractivity contribution in [3.8, 4) is 23.0 Å². The second kappa shape index (κ2) is 10.3. The van der Waals surface area contributed by atoms with E-state index in [9.17, 15) is 23.4 Å². The van der Waals surface area contributed by atoms with Crippen LogP contribution in [0.25, 0.3) is 10.8 Å². The number of carbonyl (C=O) groups is 1. The van der Waals surface area contributed by atoms with Crippen molar-refractivity contribution in [2.45, 2.75) is 15.9 Å². The Kier molecular flexibility index (Phi) is 6.73. The molecule has 2 aliphatic rings. The minimum Gasteiger partial charge on any atom is -0.508 e. The normalized spacial score (nSPS) is 14.9. The summed E-state index contributed by atoms with van der Waals surface area (Å²) in [5.41, 5.74) is 18.6. The van der Waals surface area contributed by atoms with Crippen LogP contribution in [-0.4, -0.2) is 36.5 Å². The van der Waals surface area contributed by atoms with Gasteiger partial charge in [0.25, 0.3) is 0 Å². The molecule has 11 heteroatoms. The lowest BCUT2D eigenvalue weighted by Gasteiger charge is -2.36. The Morgan fingerprint density at radius 2 is 1.35 bits per heavy atom. The highest BCUT2D eigenvalue weighted by molar-refractivity contribution is 7.92. The van der Waals surface area contributed by atoms with Crippen LogP contribution in [0.2, 0.25) is 0 Å². The lowest BCUT2D eigenvalue weighted by atomic mass is 9.77. The van der Waals surface area contributed by atoms with Crippen molar-refractivity contribution in [2.24, 2.45) is 11.5 Å². The predicted molar refractivity (Wildman–Crippen MR) is 161 cm³/mol. The molecule has 0 aromatic heterocycles. The Balaban J connectivity index is 0.000000163. The molecule has 0 bridgehead atoms. The van der Waals surface area contributed by atoms with Gasteiger partial charge >= 0.3 is 5.97 Å². The molecule has 0 radical (unpaired) electrons. The van der Waals surface area contributed by atoms with Crippen molar-refractivity contribution in [1.29, 1.82) is 0 Å². The van der Waals surface area contributed by atoms with Gasteiger partial charge in [-0.1, -0.05) is 42.5 Å². The fourth-order valence-corrected chi connectivity index (χ4v) is 6.81. The number of benzene rings is 5. The summed E-state index contributed by atoms with van der Waals surface area (Å²) in [6, 6.07) is 26.7. The van der Waals surface area contributed by atoms with Crippen LogP contribution < -0.4 is 21.9 Å². The number of rotatable bonds is 3. The van der Waals surface area contributed by atoms with Gasteiger partial charge in [0.05, 0.1) is 10.5 Å². The highest BCUT2D eigenvalue weighted by atomic mass is 32.2. The average molecular weight is 598 g/mol. The van der Waals surface area contributed by atoms with Gasteiger partial charge in [0.1, 0.15) is 28.4 Å². The first-order valence-corrected chi connectivity index (χ1v) is 14.8. The maximum absolute atomic E-state index is 12.5. The second-order valence-electron chi connectivity index (χ2n) is 10.1. The fourth-order valence-electron chi connectivity index (χ4n) is 5.49. The molecule has 2 heterocycles. The van der Waals surface area contributed by atoms with Crippen LogP contribution in [0.3, 0.4) is 0 Å².